The second-order valence-corrected chi connectivity index (χ2v) is 2.95. The van der Waals surface area contributed by atoms with Crippen molar-refractivity contribution in [2.75, 3.05) is 13.4 Å². The molecule has 0 amide bonds. The van der Waals surface area contributed by atoms with Gasteiger partial charge in [-0.2, -0.15) is 0 Å². The van der Waals surface area contributed by atoms with E-state index in [1.807, 2.05) is 6.26 Å². The van der Waals surface area contributed by atoms with Crippen LogP contribution in [-0.4, -0.2) is 13.4 Å². The van der Waals surface area contributed by atoms with Gasteiger partial charge in [-0.1, -0.05) is 11.6 Å². The predicted octanol–water partition coefficient (Wildman–Crippen LogP) is 3.01. The van der Waals surface area contributed by atoms with Crippen LogP contribution in [0.5, 0.6) is 11.5 Å². The summed E-state index contributed by atoms with van der Waals surface area (Å²) >= 11 is 7.13. The van der Waals surface area contributed by atoms with Gasteiger partial charge in [-0.25, -0.2) is 0 Å². The first-order chi connectivity index (χ1) is 5.77. The molecule has 0 aliphatic heterocycles. The molecule has 0 radical (unpaired) electrons. The lowest BCUT2D eigenvalue weighted by Crippen LogP contribution is -1.84. The first-order valence-electron chi connectivity index (χ1n) is 3.32. The number of hydrogen-bond acceptors (Lipinski definition) is 3. The van der Waals surface area contributed by atoms with Gasteiger partial charge >= 0.3 is 0 Å². The maximum Gasteiger partial charge on any atom is 0.156 e. The van der Waals surface area contributed by atoms with Crippen LogP contribution < -0.4 is 8.92 Å². The minimum Gasteiger partial charge on any atom is -0.497 e. The molecule has 0 saturated heterocycles. The molecule has 66 valence electrons. The Morgan fingerprint density at radius 1 is 1.42 bits per heavy atom. The van der Waals surface area contributed by atoms with E-state index in [0.717, 1.165) is 5.75 Å². The molecule has 0 heterocycles. The first kappa shape index (κ1) is 9.55. The van der Waals surface area contributed by atoms with E-state index in [9.17, 15) is 0 Å². The molecule has 0 N–H and O–H groups in total. The van der Waals surface area contributed by atoms with Gasteiger partial charge in [0.1, 0.15) is 5.75 Å². The van der Waals surface area contributed by atoms with Crippen molar-refractivity contribution in [3.05, 3.63) is 23.2 Å². The second-order valence-electron chi connectivity index (χ2n) is 2.05. The normalized spacial score (nSPS) is 9.58. The summed E-state index contributed by atoms with van der Waals surface area (Å²) in [5.74, 6) is 1.39. The summed E-state index contributed by atoms with van der Waals surface area (Å²) in [6.45, 7) is 0. The smallest absolute Gasteiger partial charge is 0.156 e. The molecular weight excluding hydrogens is 196 g/mol. The summed E-state index contributed by atoms with van der Waals surface area (Å²) in [5, 5.41) is 0.559. The number of hydrogen-bond donors (Lipinski definition) is 0. The zero-order valence-electron chi connectivity index (χ0n) is 6.83. The van der Waals surface area contributed by atoms with Crippen molar-refractivity contribution >= 4 is 23.6 Å². The van der Waals surface area contributed by atoms with E-state index in [0.29, 0.717) is 10.8 Å². The van der Waals surface area contributed by atoms with Crippen LogP contribution in [0.3, 0.4) is 0 Å². The van der Waals surface area contributed by atoms with Crippen molar-refractivity contribution in [2.45, 2.75) is 0 Å². The number of halogens is 1. The molecule has 0 atom stereocenters. The van der Waals surface area contributed by atoms with Gasteiger partial charge < -0.3 is 8.92 Å². The van der Waals surface area contributed by atoms with Crippen molar-refractivity contribution in [2.24, 2.45) is 0 Å². The highest BCUT2D eigenvalue weighted by Crippen LogP contribution is 2.30. The minimum atomic E-state index is 0.559. The molecule has 0 aliphatic carbocycles. The third kappa shape index (κ3) is 2.22. The highest BCUT2D eigenvalue weighted by molar-refractivity contribution is 7.94. The van der Waals surface area contributed by atoms with E-state index in [1.165, 1.54) is 12.0 Å². The van der Waals surface area contributed by atoms with E-state index >= 15 is 0 Å². The van der Waals surface area contributed by atoms with Crippen molar-refractivity contribution in [3.63, 3.8) is 0 Å². The molecule has 0 aromatic heterocycles. The second kappa shape index (κ2) is 4.48. The van der Waals surface area contributed by atoms with Crippen LogP contribution in [0.15, 0.2) is 18.2 Å². The molecule has 0 spiro atoms. The summed E-state index contributed by atoms with van der Waals surface area (Å²) in [4.78, 5) is 0. The van der Waals surface area contributed by atoms with Crippen LogP contribution in [0.4, 0.5) is 0 Å². The molecule has 4 heteroatoms. The molecule has 0 aliphatic rings. The van der Waals surface area contributed by atoms with Crippen molar-refractivity contribution < 1.29 is 8.92 Å². The lowest BCUT2D eigenvalue weighted by atomic mass is 10.3. The number of rotatable bonds is 3. The molecule has 12 heavy (non-hydrogen) atoms. The van der Waals surface area contributed by atoms with E-state index in [1.54, 1.807) is 25.3 Å². The van der Waals surface area contributed by atoms with Crippen molar-refractivity contribution in [1.82, 2.24) is 0 Å². The first-order valence-corrected chi connectivity index (χ1v) is 4.85. The van der Waals surface area contributed by atoms with Gasteiger partial charge in [0.25, 0.3) is 0 Å². The van der Waals surface area contributed by atoms with Crippen LogP contribution in [-0.2, 0) is 0 Å². The monoisotopic (exact) mass is 204 g/mol. The van der Waals surface area contributed by atoms with Crippen LogP contribution in [0.1, 0.15) is 0 Å². The van der Waals surface area contributed by atoms with Gasteiger partial charge in [-0.15, -0.1) is 0 Å². The topological polar surface area (TPSA) is 18.5 Å². The molecule has 0 unspecified atom stereocenters. The van der Waals surface area contributed by atoms with Gasteiger partial charge in [0.15, 0.2) is 5.75 Å². The Labute approximate surface area is 81.0 Å². The Balaban J connectivity index is 2.87. The van der Waals surface area contributed by atoms with Crippen LogP contribution in [0, 0.1) is 0 Å². The van der Waals surface area contributed by atoms with Crippen molar-refractivity contribution in [1.29, 1.82) is 0 Å². The third-order valence-corrected chi connectivity index (χ3v) is 1.95. The number of benzene rings is 1. The fourth-order valence-corrected chi connectivity index (χ4v) is 1.35. The fourth-order valence-electron chi connectivity index (χ4n) is 0.766. The molecular formula is C8H9ClO2S. The maximum atomic E-state index is 5.87. The summed E-state index contributed by atoms with van der Waals surface area (Å²) in [6.07, 6.45) is 1.83. The van der Waals surface area contributed by atoms with Gasteiger partial charge in [-0.3, -0.25) is 0 Å². The Morgan fingerprint density at radius 2 is 2.17 bits per heavy atom. The summed E-state index contributed by atoms with van der Waals surface area (Å²) in [5.41, 5.74) is 0. The highest BCUT2D eigenvalue weighted by atomic mass is 35.5. The van der Waals surface area contributed by atoms with Crippen LogP contribution >= 0.6 is 23.6 Å². The van der Waals surface area contributed by atoms with E-state index in [2.05, 4.69) is 0 Å². The minimum absolute atomic E-state index is 0.559. The average molecular weight is 205 g/mol. The standard InChI is InChI=1S/C8H9ClO2S/c1-10-6-3-4-8(11-12-2)7(9)5-6/h3-5H,1-2H3. The molecule has 0 fully saturated rings. The molecule has 1 rings (SSSR count). The summed E-state index contributed by atoms with van der Waals surface area (Å²) < 4.78 is 10.1. The van der Waals surface area contributed by atoms with Crippen LogP contribution in [0.2, 0.25) is 5.02 Å². The fraction of sp³-hybridized carbons (Fsp3) is 0.250. The Bertz CT molecular complexity index is 265. The number of methoxy groups -OCH3 is 1. The quantitative estimate of drug-likeness (QED) is 0.706. The average Bonchev–Trinajstić information content (AvgIpc) is 2.09. The highest BCUT2D eigenvalue weighted by Gasteiger charge is 2.02. The van der Waals surface area contributed by atoms with Crippen molar-refractivity contribution in [3.8, 4) is 11.5 Å². The summed E-state index contributed by atoms with van der Waals surface area (Å²) in [6, 6.07) is 5.29. The Hall–Kier alpha value is -0.540. The largest absolute Gasteiger partial charge is 0.497 e. The molecule has 2 nitrogen and oxygen atoms in total. The zero-order chi connectivity index (χ0) is 8.97. The van der Waals surface area contributed by atoms with E-state index < -0.39 is 0 Å². The zero-order valence-corrected chi connectivity index (χ0v) is 8.41. The van der Waals surface area contributed by atoms with E-state index in [-0.39, 0.29) is 0 Å². The maximum absolute atomic E-state index is 5.87. The predicted molar refractivity (Wildman–Crippen MR) is 52.1 cm³/mol. The number of ether oxygens (including phenoxy) is 1. The van der Waals surface area contributed by atoms with Gasteiger partial charge in [0, 0.05) is 12.3 Å². The Morgan fingerprint density at radius 3 is 2.67 bits per heavy atom. The van der Waals surface area contributed by atoms with Gasteiger partial charge in [0.05, 0.1) is 24.2 Å². The SMILES string of the molecule is COc1ccc(OSC)c(Cl)c1. The van der Waals surface area contributed by atoms with Gasteiger partial charge in [-0.05, 0) is 12.1 Å². The summed E-state index contributed by atoms with van der Waals surface area (Å²) in [7, 11) is 1.60. The Kier molecular flexibility index (Phi) is 3.56. The van der Waals surface area contributed by atoms with E-state index in [4.69, 9.17) is 20.5 Å². The van der Waals surface area contributed by atoms with Crippen LogP contribution in [0.25, 0.3) is 0 Å². The lowest BCUT2D eigenvalue weighted by molar-refractivity contribution is 0.414. The third-order valence-electron chi connectivity index (χ3n) is 1.31. The molecule has 0 saturated carbocycles. The van der Waals surface area contributed by atoms with Gasteiger partial charge in [0.2, 0.25) is 0 Å². The molecule has 1 aromatic carbocycles. The lowest BCUT2D eigenvalue weighted by Gasteiger charge is -2.04. The molecule has 0 bridgehead atoms. The molecule has 1 aromatic rings.